The molecule has 26 heavy (non-hydrogen) atoms. The third-order valence-electron chi connectivity index (χ3n) is 5.50. The maximum absolute atomic E-state index is 7.45. The Morgan fingerprint density at radius 2 is 1.65 bits per heavy atom. The molecule has 4 aromatic rings. The summed E-state index contributed by atoms with van der Waals surface area (Å²) < 4.78 is 6.27. The summed E-state index contributed by atoms with van der Waals surface area (Å²) in [7, 11) is 0. The summed E-state index contributed by atoms with van der Waals surface area (Å²) in [5.74, 6) is 1.75. The van der Waals surface area contributed by atoms with Crippen molar-refractivity contribution < 1.29 is 4.74 Å². The van der Waals surface area contributed by atoms with Gasteiger partial charge in [0.25, 0.3) is 0 Å². The van der Waals surface area contributed by atoms with Crippen LogP contribution in [-0.4, -0.2) is 0 Å². The first kappa shape index (κ1) is 13.7. The van der Waals surface area contributed by atoms with Gasteiger partial charge in [-0.15, -0.1) is 0 Å². The van der Waals surface area contributed by atoms with E-state index in [4.69, 9.17) is 11.3 Å². The minimum absolute atomic E-state index is 0.671. The molecule has 0 fully saturated rings. The smallest absolute Gasteiger partial charge is 0.195 e. The zero-order valence-electron chi connectivity index (χ0n) is 13.9. The van der Waals surface area contributed by atoms with Gasteiger partial charge in [0.1, 0.15) is 11.5 Å². The van der Waals surface area contributed by atoms with Crippen LogP contribution < -0.4 is 4.74 Å². The summed E-state index contributed by atoms with van der Waals surface area (Å²) in [5.41, 5.74) is 8.23. The summed E-state index contributed by atoms with van der Waals surface area (Å²) >= 11 is 0. The van der Waals surface area contributed by atoms with E-state index in [-0.39, 0.29) is 0 Å². The molecule has 0 saturated carbocycles. The minimum Gasteiger partial charge on any atom is -0.456 e. The molecule has 0 unspecified atom stereocenters. The molecule has 1 aliphatic heterocycles. The van der Waals surface area contributed by atoms with Gasteiger partial charge in [0.05, 0.1) is 6.57 Å². The van der Waals surface area contributed by atoms with Gasteiger partial charge in [0.2, 0.25) is 0 Å². The second-order valence-corrected chi connectivity index (χ2v) is 6.86. The van der Waals surface area contributed by atoms with E-state index >= 15 is 0 Å². The third-order valence-corrected chi connectivity index (χ3v) is 5.50. The van der Waals surface area contributed by atoms with Crippen LogP contribution >= 0.6 is 0 Å². The Hall–Kier alpha value is -3.57. The van der Waals surface area contributed by atoms with Crippen LogP contribution in [-0.2, 0) is 6.42 Å². The van der Waals surface area contributed by atoms with Crippen molar-refractivity contribution in [2.45, 2.75) is 6.42 Å². The van der Waals surface area contributed by atoms with Gasteiger partial charge >= 0.3 is 0 Å². The molecule has 0 saturated heterocycles. The van der Waals surface area contributed by atoms with Crippen LogP contribution in [0.3, 0.4) is 0 Å². The van der Waals surface area contributed by atoms with E-state index in [9.17, 15) is 0 Å². The number of nitrogens with zero attached hydrogens (tertiary/aromatic N) is 1. The van der Waals surface area contributed by atoms with E-state index in [1.807, 2.05) is 24.3 Å². The van der Waals surface area contributed by atoms with E-state index in [0.29, 0.717) is 5.69 Å². The van der Waals surface area contributed by atoms with Crippen molar-refractivity contribution in [1.82, 2.24) is 0 Å². The SMILES string of the molecule is [C-]#[N+]c1ccc2c3c(cccc13)Oc1cc3c(cc1-2)-c1ccccc1C3. The fourth-order valence-electron chi connectivity index (χ4n) is 4.34. The molecule has 2 nitrogen and oxygen atoms in total. The Bertz CT molecular complexity index is 1290. The standard InChI is InChI=1S/C24H13NO/c1-25-21-10-9-17-20-13-19-15(11-14-5-2-3-6-16(14)19)12-23(20)26-22-8-4-7-18(21)24(17)22/h2-10,12-13H,11H2. The quantitative estimate of drug-likeness (QED) is 0.281. The predicted molar refractivity (Wildman–Crippen MR) is 104 cm³/mol. The average Bonchev–Trinajstić information content (AvgIpc) is 3.04. The number of ether oxygens (including phenoxy) is 1. The van der Waals surface area contributed by atoms with Crippen LogP contribution in [0.25, 0.3) is 37.9 Å². The Balaban J connectivity index is 1.69. The molecule has 1 aliphatic carbocycles. The fourth-order valence-corrected chi connectivity index (χ4v) is 4.34. The molecule has 2 aliphatic rings. The molecule has 0 spiro atoms. The predicted octanol–water partition coefficient (Wildman–Crippen LogP) is 6.73. The van der Waals surface area contributed by atoms with Crippen molar-refractivity contribution >= 4 is 16.5 Å². The van der Waals surface area contributed by atoms with Gasteiger partial charge in [0.15, 0.2) is 5.69 Å². The van der Waals surface area contributed by atoms with Crippen LogP contribution in [0.5, 0.6) is 11.5 Å². The lowest BCUT2D eigenvalue weighted by Gasteiger charge is -2.23. The fraction of sp³-hybridized carbons (Fsp3) is 0.0417. The number of hydrogen-bond donors (Lipinski definition) is 0. The lowest BCUT2D eigenvalue weighted by Crippen LogP contribution is -1.98. The van der Waals surface area contributed by atoms with Crippen molar-refractivity contribution in [2.24, 2.45) is 0 Å². The Morgan fingerprint density at radius 1 is 0.731 bits per heavy atom. The summed E-state index contributed by atoms with van der Waals surface area (Å²) in [6.45, 7) is 7.45. The highest BCUT2D eigenvalue weighted by Gasteiger charge is 2.26. The van der Waals surface area contributed by atoms with Crippen molar-refractivity contribution in [3.63, 3.8) is 0 Å². The molecule has 0 bridgehead atoms. The molecule has 0 radical (unpaired) electrons. The number of rotatable bonds is 0. The summed E-state index contributed by atoms with van der Waals surface area (Å²) in [6, 6.07) is 23.0. The summed E-state index contributed by atoms with van der Waals surface area (Å²) in [4.78, 5) is 3.68. The topological polar surface area (TPSA) is 13.6 Å². The molecular formula is C24H13NO. The highest BCUT2D eigenvalue weighted by atomic mass is 16.5. The van der Waals surface area contributed by atoms with Gasteiger partial charge < -0.3 is 4.74 Å². The van der Waals surface area contributed by atoms with Gasteiger partial charge in [0, 0.05) is 10.9 Å². The van der Waals surface area contributed by atoms with Crippen molar-refractivity contribution in [3.8, 4) is 33.8 Å². The lowest BCUT2D eigenvalue weighted by atomic mass is 9.91. The molecule has 4 aromatic carbocycles. The van der Waals surface area contributed by atoms with Crippen molar-refractivity contribution in [3.05, 3.63) is 89.3 Å². The first-order valence-corrected chi connectivity index (χ1v) is 8.70. The van der Waals surface area contributed by atoms with Gasteiger partial charge in [-0.25, -0.2) is 4.85 Å². The third kappa shape index (κ3) is 1.65. The molecular weight excluding hydrogens is 318 g/mol. The molecule has 120 valence electrons. The molecule has 0 N–H and O–H groups in total. The monoisotopic (exact) mass is 331 g/mol. The lowest BCUT2D eigenvalue weighted by molar-refractivity contribution is 0.486. The Labute approximate surface area is 151 Å². The maximum atomic E-state index is 7.45. The summed E-state index contributed by atoms with van der Waals surface area (Å²) in [6.07, 6.45) is 0.954. The van der Waals surface area contributed by atoms with Gasteiger partial charge in [-0.05, 0) is 57.8 Å². The van der Waals surface area contributed by atoms with Crippen LogP contribution in [0.2, 0.25) is 0 Å². The molecule has 0 aromatic heterocycles. The molecule has 6 rings (SSSR count). The van der Waals surface area contributed by atoms with Gasteiger partial charge in [-0.2, -0.15) is 0 Å². The maximum Gasteiger partial charge on any atom is 0.195 e. The number of hydrogen-bond acceptors (Lipinski definition) is 1. The van der Waals surface area contributed by atoms with E-state index in [1.165, 1.54) is 22.3 Å². The normalized spacial score (nSPS) is 12.7. The van der Waals surface area contributed by atoms with Crippen LogP contribution in [0, 0.1) is 6.57 Å². The van der Waals surface area contributed by atoms with E-state index in [0.717, 1.165) is 39.8 Å². The zero-order chi connectivity index (χ0) is 17.3. The number of benzene rings is 4. The highest BCUT2D eigenvalue weighted by Crippen LogP contribution is 2.51. The van der Waals surface area contributed by atoms with Crippen LogP contribution in [0.4, 0.5) is 5.69 Å². The largest absolute Gasteiger partial charge is 0.456 e. The first-order valence-electron chi connectivity index (χ1n) is 8.70. The zero-order valence-corrected chi connectivity index (χ0v) is 13.9. The molecule has 2 heteroatoms. The van der Waals surface area contributed by atoms with E-state index in [1.54, 1.807) is 0 Å². The number of fused-ring (bicyclic) bond motifs is 5. The Kier molecular flexibility index (Phi) is 2.50. The van der Waals surface area contributed by atoms with Crippen molar-refractivity contribution in [1.29, 1.82) is 0 Å². The van der Waals surface area contributed by atoms with Crippen molar-refractivity contribution in [2.75, 3.05) is 0 Å². The van der Waals surface area contributed by atoms with E-state index < -0.39 is 0 Å². The summed E-state index contributed by atoms with van der Waals surface area (Å²) in [5, 5.41) is 2.00. The van der Waals surface area contributed by atoms with E-state index in [2.05, 4.69) is 47.3 Å². The van der Waals surface area contributed by atoms with Crippen LogP contribution in [0.15, 0.2) is 66.7 Å². The first-order chi connectivity index (χ1) is 12.8. The minimum atomic E-state index is 0.671. The van der Waals surface area contributed by atoms with Gasteiger partial charge in [-0.1, -0.05) is 48.5 Å². The van der Waals surface area contributed by atoms with Gasteiger partial charge in [-0.3, -0.25) is 0 Å². The molecule has 0 atom stereocenters. The molecule has 0 amide bonds. The second-order valence-electron chi connectivity index (χ2n) is 6.86. The Morgan fingerprint density at radius 3 is 2.58 bits per heavy atom. The molecule has 1 heterocycles. The van der Waals surface area contributed by atoms with Crippen LogP contribution in [0.1, 0.15) is 11.1 Å². The second kappa shape index (κ2) is 4.74. The average molecular weight is 331 g/mol. The highest BCUT2D eigenvalue weighted by molar-refractivity contribution is 6.09.